The minimum atomic E-state index is -0.0914. The molecule has 68 valence electrons. The molecule has 0 amide bonds. The van der Waals surface area contributed by atoms with Crippen LogP contribution in [0.2, 0.25) is 0 Å². The first-order valence-electron chi connectivity index (χ1n) is 3.73. The Kier molecular flexibility index (Phi) is 4.39. The standard InChI is InChI=1S/C7H18N2OS/c1-6(9(3)10)7(2,5-8)11-4/h6,9H,5,8H2,1-4H3. The van der Waals surface area contributed by atoms with Gasteiger partial charge in [-0.3, -0.25) is 0 Å². The van der Waals surface area contributed by atoms with Crippen molar-refractivity contribution in [2.45, 2.75) is 24.6 Å². The molecule has 3 atom stereocenters. The number of rotatable bonds is 4. The number of nitrogens with two attached hydrogens (primary N) is 1. The summed E-state index contributed by atoms with van der Waals surface area (Å²) in [5.41, 5.74) is 5.58. The molecule has 0 rings (SSSR count). The third kappa shape index (κ3) is 2.63. The average molecular weight is 178 g/mol. The second-order valence-corrected chi connectivity index (χ2v) is 4.39. The maximum atomic E-state index is 11.0. The summed E-state index contributed by atoms with van der Waals surface area (Å²) in [6, 6.07) is 0.0440. The molecular formula is C7H18N2OS. The van der Waals surface area contributed by atoms with Gasteiger partial charge in [-0.25, -0.2) is 0 Å². The second-order valence-electron chi connectivity index (χ2n) is 3.05. The van der Waals surface area contributed by atoms with E-state index in [4.69, 9.17) is 5.73 Å². The van der Waals surface area contributed by atoms with Gasteiger partial charge in [0, 0.05) is 6.54 Å². The molecule has 0 aliphatic carbocycles. The first-order valence-corrected chi connectivity index (χ1v) is 4.96. The van der Waals surface area contributed by atoms with Gasteiger partial charge >= 0.3 is 0 Å². The first-order chi connectivity index (χ1) is 4.98. The summed E-state index contributed by atoms with van der Waals surface area (Å²) in [7, 11) is 1.62. The highest BCUT2D eigenvalue weighted by Crippen LogP contribution is 2.22. The maximum Gasteiger partial charge on any atom is 0.0999 e. The Labute approximate surface area is 72.9 Å². The molecule has 11 heavy (non-hydrogen) atoms. The predicted molar refractivity (Wildman–Crippen MR) is 50.7 cm³/mol. The quantitative estimate of drug-likeness (QED) is 0.569. The molecule has 0 heterocycles. The number of hydroxylamine groups is 2. The normalized spacial score (nSPS) is 22.4. The van der Waals surface area contributed by atoms with Gasteiger partial charge in [0.15, 0.2) is 0 Å². The van der Waals surface area contributed by atoms with Crippen LogP contribution < -0.4 is 10.8 Å². The zero-order valence-electron chi connectivity index (χ0n) is 7.68. The summed E-state index contributed by atoms with van der Waals surface area (Å²) in [5.74, 6) is 0. The van der Waals surface area contributed by atoms with E-state index < -0.39 is 0 Å². The molecule has 0 saturated carbocycles. The van der Waals surface area contributed by atoms with Crippen molar-refractivity contribution in [2.24, 2.45) is 5.73 Å². The van der Waals surface area contributed by atoms with Crippen LogP contribution in [0.15, 0.2) is 0 Å². The van der Waals surface area contributed by atoms with Gasteiger partial charge in [-0.05, 0) is 20.1 Å². The van der Waals surface area contributed by atoms with Crippen LogP contribution in [0.25, 0.3) is 0 Å². The Morgan fingerprint density at radius 1 is 1.73 bits per heavy atom. The number of quaternary nitrogens is 1. The van der Waals surface area contributed by atoms with E-state index in [1.54, 1.807) is 18.8 Å². The first kappa shape index (κ1) is 11.2. The van der Waals surface area contributed by atoms with E-state index in [-0.39, 0.29) is 15.9 Å². The summed E-state index contributed by atoms with van der Waals surface area (Å²) in [5, 5.41) is 11.3. The maximum absolute atomic E-state index is 11.0. The van der Waals surface area contributed by atoms with Crippen molar-refractivity contribution in [1.29, 1.82) is 0 Å². The number of hydrogen-bond acceptors (Lipinski definition) is 3. The highest BCUT2D eigenvalue weighted by molar-refractivity contribution is 8.00. The largest absolute Gasteiger partial charge is 0.634 e. The molecule has 3 nitrogen and oxygen atoms in total. The van der Waals surface area contributed by atoms with Gasteiger partial charge in [-0.1, -0.05) is 0 Å². The molecule has 0 saturated heterocycles. The van der Waals surface area contributed by atoms with E-state index in [1.807, 2.05) is 20.1 Å². The van der Waals surface area contributed by atoms with Crippen molar-refractivity contribution in [2.75, 3.05) is 19.8 Å². The van der Waals surface area contributed by atoms with Crippen LogP contribution in [0, 0.1) is 5.21 Å². The molecule has 0 aromatic rings. The summed E-state index contributed by atoms with van der Waals surface area (Å²) in [6.45, 7) is 4.52. The summed E-state index contributed by atoms with van der Waals surface area (Å²) in [6.07, 6.45) is 1.99. The molecule has 0 fully saturated rings. The lowest BCUT2D eigenvalue weighted by Gasteiger charge is -2.37. The Bertz CT molecular complexity index is 115. The lowest BCUT2D eigenvalue weighted by atomic mass is 10.0. The van der Waals surface area contributed by atoms with Crippen molar-refractivity contribution in [1.82, 2.24) is 0 Å². The topological polar surface area (TPSA) is 53.5 Å². The molecule has 3 unspecified atom stereocenters. The highest BCUT2D eigenvalue weighted by Gasteiger charge is 2.32. The Morgan fingerprint density at radius 3 is 2.27 bits per heavy atom. The van der Waals surface area contributed by atoms with E-state index in [1.165, 1.54) is 0 Å². The summed E-state index contributed by atoms with van der Waals surface area (Å²) >= 11 is 1.66. The van der Waals surface area contributed by atoms with Crippen molar-refractivity contribution in [3.8, 4) is 0 Å². The van der Waals surface area contributed by atoms with Gasteiger partial charge in [-0.2, -0.15) is 11.8 Å². The molecule has 3 N–H and O–H groups in total. The Hall–Kier alpha value is 0.230. The molecule has 0 spiro atoms. The molecule has 0 aliphatic heterocycles. The van der Waals surface area contributed by atoms with Crippen LogP contribution >= 0.6 is 11.8 Å². The second kappa shape index (κ2) is 4.30. The third-order valence-corrected chi connectivity index (χ3v) is 3.85. The van der Waals surface area contributed by atoms with E-state index in [9.17, 15) is 5.21 Å². The molecule has 0 bridgehead atoms. The molecule has 0 aromatic carbocycles. The van der Waals surface area contributed by atoms with Crippen molar-refractivity contribution < 1.29 is 5.06 Å². The van der Waals surface area contributed by atoms with Gasteiger partial charge in [-0.15, -0.1) is 0 Å². The van der Waals surface area contributed by atoms with Gasteiger partial charge in [0.25, 0.3) is 0 Å². The van der Waals surface area contributed by atoms with Crippen molar-refractivity contribution in [3.63, 3.8) is 0 Å². The zero-order chi connectivity index (χ0) is 9.07. The zero-order valence-corrected chi connectivity index (χ0v) is 8.49. The van der Waals surface area contributed by atoms with Crippen molar-refractivity contribution in [3.05, 3.63) is 5.21 Å². The minimum absolute atomic E-state index is 0.0440. The van der Waals surface area contributed by atoms with E-state index in [2.05, 4.69) is 0 Å². The average Bonchev–Trinajstić information content (AvgIpc) is 2.01. The van der Waals surface area contributed by atoms with E-state index >= 15 is 0 Å². The predicted octanol–water partition coefficient (Wildman–Crippen LogP) is -0.532. The molecule has 0 radical (unpaired) electrons. The van der Waals surface area contributed by atoms with Gasteiger partial charge in [0.1, 0.15) is 0 Å². The minimum Gasteiger partial charge on any atom is -0.634 e. The number of thioether (sulfide) groups is 1. The summed E-state index contributed by atoms with van der Waals surface area (Å²) in [4.78, 5) is 0. The number of nitrogens with one attached hydrogen (secondary N) is 1. The number of hydrogen-bond donors (Lipinski definition) is 2. The van der Waals surface area contributed by atoms with Gasteiger partial charge in [0.05, 0.1) is 17.8 Å². The van der Waals surface area contributed by atoms with Crippen LogP contribution in [-0.4, -0.2) is 30.6 Å². The molecule has 0 aromatic heterocycles. The molecule has 0 aliphatic rings. The third-order valence-electron chi connectivity index (χ3n) is 2.40. The van der Waals surface area contributed by atoms with Gasteiger partial charge < -0.3 is 16.0 Å². The smallest absolute Gasteiger partial charge is 0.0999 e. The fourth-order valence-corrected chi connectivity index (χ4v) is 1.55. The molecule has 4 heteroatoms. The van der Waals surface area contributed by atoms with E-state index in [0.717, 1.165) is 0 Å². The molecular weight excluding hydrogens is 160 g/mol. The Morgan fingerprint density at radius 2 is 2.18 bits per heavy atom. The summed E-state index contributed by atoms with van der Waals surface area (Å²) < 4.78 is -0.0914. The van der Waals surface area contributed by atoms with Crippen LogP contribution in [0.1, 0.15) is 13.8 Å². The fraction of sp³-hybridized carbons (Fsp3) is 1.00. The highest BCUT2D eigenvalue weighted by atomic mass is 32.2. The Balaban J connectivity index is 4.24. The van der Waals surface area contributed by atoms with Crippen LogP contribution in [0.4, 0.5) is 0 Å². The van der Waals surface area contributed by atoms with Crippen LogP contribution in [0.5, 0.6) is 0 Å². The SMILES string of the molecule is CSC(C)(CN)C(C)[NH+](C)[O-]. The van der Waals surface area contributed by atoms with Crippen molar-refractivity contribution >= 4 is 11.8 Å². The lowest BCUT2D eigenvalue weighted by Crippen LogP contribution is -3.10. The van der Waals surface area contributed by atoms with Crippen LogP contribution in [0.3, 0.4) is 0 Å². The van der Waals surface area contributed by atoms with Gasteiger partial charge in [0.2, 0.25) is 0 Å². The fourth-order valence-electron chi connectivity index (χ4n) is 0.867. The van der Waals surface area contributed by atoms with Crippen LogP contribution in [-0.2, 0) is 0 Å². The monoisotopic (exact) mass is 178 g/mol. The van der Waals surface area contributed by atoms with E-state index in [0.29, 0.717) is 6.54 Å². The lowest BCUT2D eigenvalue weighted by molar-refractivity contribution is -0.854.